The van der Waals surface area contributed by atoms with Gasteiger partial charge in [0.05, 0.1) is 12.7 Å². The number of hydrogen-bond donors (Lipinski definition) is 1. The van der Waals surface area contributed by atoms with Gasteiger partial charge in [0, 0.05) is 19.4 Å². The molecule has 1 spiro atoms. The lowest BCUT2D eigenvalue weighted by atomic mass is 9.66. The largest absolute Gasteiger partial charge is 0.347 e. The molecule has 0 amide bonds. The normalized spacial score (nSPS) is 31.9. The summed E-state index contributed by atoms with van der Waals surface area (Å²) in [7, 11) is 0. The van der Waals surface area contributed by atoms with Crippen LogP contribution in [-0.4, -0.2) is 31.6 Å². The molecule has 2 fully saturated rings. The molecule has 1 unspecified atom stereocenters. The highest BCUT2D eigenvalue weighted by Gasteiger charge is 2.46. The van der Waals surface area contributed by atoms with Crippen molar-refractivity contribution in [2.45, 2.75) is 78.1 Å². The molecule has 1 atom stereocenters. The van der Waals surface area contributed by atoms with Gasteiger partial charge in [-0.1, -0.05) is 33.8 Å². The van der Waals surface area contributed by atoms with Crippen molar-refractivity contribution < 1.29 is 9.47 Å². The van der Waals surface area contributed by atoms with Crippen molar-refractivity contribution >= 4 is 0 Å². The van der Waals surface area contributed by atoms with Gasteiger partial charge in [-0.3, -0.25) is 0 Å². The van der Waals surface area contributed by atoms with Crippen LogP contribution < -0.4 is 5.32 Å². The molecule has 1 saturated heterocycles. The summed E-state index contributed by atoms with van der Waals surface area (Å²) in [5.74, 6) is 1.30. The van der Waals surface area contributed by atoms with Crippen molar-refractivity contribution in [1.29, 1.82) is 0 Å². The van der Waals surface area contributed by atoms with E-state index in [2.05, 4.69) is 39.6 Å². The van der Waals surface area contributed by atoms with E-state index in [-0.39, 0.29) is 11.9 Å². The first-order valence-electron chi connectivity index (χ1n) is 9.50. The van der Waals surface area contributed by atoms with Gasteiger partial charge in [0.15, 0.2) is 5.79 Å². The highest BCUT2D eigenvalue weighted by molar-refractivity contribution is 4.90. The molecule has 0 radical (unpaired) electrons. The maximum atomic E-state index is 6.32. The minimum absolute atomic E-state index is 0.257. The molecule has 0 aromatic rings. The zero-order chi connectivity index (χ0) is 16.9. The quantitative estimate of drug-likeness (QED) is 0.526. The van der Waals surface area contributed by atoms with Crippen molar-refractivity contribution in [3.8, 4) is 0 Å². The predicted molar refractivity (Wildman–Crippen MR) is 96.4 cm³/mol. The SMILES string of the molecule is C=CCNCCC1COC2(CCC(C(C)(C)CC(C)C)CC2)O1. The first kappa shape index (κ1) is 19.0. The molecule has 134 valence electrons. The Labute approximate surface area is 143 Å². The van der Waals surface area contributed by atoms with Crippen molar-refractivity contribution in [2.75, 3.05) is 19.7 Å². The second kappa shape index (κ2) is 8.13. The summed E-state index contributed by atoms with van der Waals surface area (Å²) in [5, 5.41) is 3.34. The summed E-state index contributed by atoms with van der Waals surface area (Å²) < 4.78 is 12.4. The Morgan fingerprint density at radius 3 is 2.61 bits per heavy atom. The van der Waals surface area contributed by atoms with E-state index in [0.29, 0.717) is 5.41 Å². The fourth-order valence-electron chi connectivity index (χ4n) is 4.55. The topological polar surface area (TPSA) is 30.5 Å². The Bertz CT molecular complexity index is 370. The van der Waals surface area contributed by atoms with E-state index in [1.807, 2.05) is 6.08 Å². The van der Waals surface area contributed by atoms with Crippen LogP contribution in [0.3, 0.4) is 0 Å². The van der Waals surface area contributed by atoms with E-state index >= 15 is 0 Å². The van der Waals surface area contributed by atoms with Gasteiger partial charge < -0.3 is 14.8 Å². The second-order valence-corrected chi connectivity index (χ2v) is 8.60. The van der Waals surface area contributed by atoms with E-state index in [9.17, 15) is 0 Å². The van der Waals surface area contributed by atoms with Crippen LogP contribution in [0.15, 0.2) is 12.7 Å². The molecule has 3 nitrogen and oxygen atoms in total. The third-order valence-corrected chi connectivity index (χ3v) is 5.63. The molecule has 1 aliphatic carbocycles. The molecule has 1 heterocycles. The van der Waals surface area contributed by atoms with Gasteiger partial charge >= 0.3 is 0 Å². The summed E-state index contributed by atoms with van der Waals surface area (Å²) in [6.07, 6.45) is 9.09. The molecular weight excluding hydrogens is 286 g/mol. The van der Waals surface area contributed by atoms with Crippen molar-refractivity contribution in [2.24, 2.45) is 17.3 Å². The van der Waals surface area contributed by atoms with E-state index in [4.69, 9.17) is 9.47 Å². The minimum Gasteiger partial charge on any atom is -0.347 e. The Hall–Kier alpha value is -0.380. The second-order valence-electron chi connectivity index (χ2n) is 8.60. The van der Waals surface area contributed by atoms with Crippen LogP contribution >= 0.6 is 0 Å². The first-order chi connectivity index (χ1) is 10.9. The zero-order valence-corrected chi connectivity index (χ0v) is 15.7. The molecule has 1 N–H and O–H groups in total. The fraction of sp³-hybridized carbons (Fsp3) is 0.900. The molecule has 1 saturated carbocycles. The number of hydrogen-bond acceptors (Lipinski definition) is 3. The standard InChI is InChI=1S/C20H37NO2/c1-6-12-21-13-9-18-15-22-20(23-18)10-7-17(8-11-20)19(4,5)14-16(2)3/h6,16-18,21H,1,7-15H2,2-5H3. The van der Waals surface area contributed by atoms with Gasteiger partial charge in [-0.05, 0) is 49.5 Å². The smallest absolute Gasteiger partial charge is 0.168 e. The Balaban J connectivity index is 1.76. The van der Waals surface area contributed by atoms with Crippen LogP contribution in [0.4, 0.5) is 0 Å². The number of ether oxygens (including phenoxy) is 2. The molecule has 1 aliphatic heterocycles. The van der Waals surface area contributed by atoms with Gasteiger partial charge in [0.2, 0.25) is 0 Å². The summed E-state index contributed by atoms with van der Waals surface area (Å²) >= 11 is 0. The van der Waals surface area contributed by atoms with E-state index in [1.165, 1.54) is 19.3 Å². The van der Waals surface area contributed by atoms with Crippen LogP contribution in [0, 0.1) is 17.3 Å². The van der Waals surface area contributed by atoms with E-state index in [1.54, 1.807) is 0 Å². The third kappa shape index (κ3) is 5.30. The Kier molecular flexibility index (Phi) is 6.70. The van der Waals surface area contributed by atoms with Gasteiger partial charge in [0.25, 0.3) is 0 Å². The Morgan fingerprint density at radius 1 is 1.30 bits per heavy atom. The molecule has 0 aromatic heterocycles. The van der Waals surface area contributed by atoms with Crippen LogP contribution in [0.25, 0.3) is 0 Å². The fourth-order valence-corrected chi connectivity index (χ4v) is 4.55. The van der Waals surface area contributed by atoms with Crippen LogP contribution in [0.1, 0.15) is 66.2 Å². The number of rotatable bonds is 8. The minimum atomic E-state index is -0.270. The molecule has 23 heavy (non-hydrogen) atoms. The highest BCUT2D eigenvalue weighted by atomic mass is 16.7. The lowest BCUT2D eigenvalue weighted by Crippen LogP contribution is -2.40. The average Bonchev–Trinajstić information content (AvgIpc) is 2.86. The van der Waals surface area contributed by atoms with Crippen LogP contribution in [-0.2, 0) is 9.47 Å². The first-order valence-corrected chi connectivity index (χ1v) is 9.50. The maximum Gasteiger partial charge on any atom is 0.168 e. The molecule has 0 bridgehead atoms. The number of nitrogens with one attached hydrogen (secondary N) is 1. The molecule has 2 aliphatic rings. The van der Waals surface area contributed by atoms with Crippen LogP contribution in [0.2, 0.25) is 0 Å². The maximum absolute atomic E-state index is 6.32. The molecule has 3 heteroatoms. The van der Waals surface area contributed by atoms with Crippen molar-refractivity contribution in [3.63, 3.8) is 0 Å². The van der Waals surface area contributed by atoms with Gasteiger partial charge in [0.1, 0.15) is 0 Å². The summed E-state index contributed by atoms with van der Waals surface area (Å²) in [6, 6.07) is 0. The monoisotopic (exact) mass is 323 g/mol. The summed E-state index contributed by atoms with van der Waals surface area (Å²) in [5.41, 5.74) is 0.433. The van der Waals surface area contributed by atoms with Crippen molar-refractivity contribution in [3.05, 3.63) is 12.7 Å². The average molecular weight is 324 g/mol. The van der Waals surface area contributed by atoms with Gasteiger partial charge in [-0.15, -0.1) is 6.58 Å². The molecule has 2 rings (SSSR count). The lowest BCUT2D eigenvalue weighted by molar-refractivity contribution is -0.197. The van der Waals surface area contributed by atoms with E-state index in [0.717, 1.165) is 50.8 Å². The lowest BCUT2D eigenvalue weighted by Gasteiger charge is -2.43. The van der Waals surface area contributed by atoms with Crippen molar-refractivity contribution in [1.82, 2.24) is 5.32 Å². The molecule has 0 aromatic carbocycles. The Morgan fingerprint density at radius 2 is 2.00 bits per heavy atom. The van der Waals surface area contributed by atoms with Gasteiger partial charge in [-0.25, -0.2) is 0 Å². The zero-order valence-electron chi connectivity index (χ0n) is 15.7. The summed E-state index contributed by atoms with van der Waals surface area (Å²) in [4.78, 5) is 0. The third-order valence-electron chi connectivity index (χ3n) is 5.63. The molecular formula is C20H37NO2. The predicted octanol–water partition coefficient (Wildman–Crippen LogP) is 4.53. The summed E-state index contributed by atoms with van der Waals surface area (Å²) in [6.45, 7) is 15.9. The van der Waals surface area contributed by atoms with Crippen LogP contribution in [0.5, 0.6) is 0 Å². The highest BCUT2D eigenvalue weighted by Crippen LogP contribution is 2.48. The van der Waals surface area contributed by atoms with Gasteiger partial charge in [-0.2, -0.15) is 0 Å². The van der Waals surface area contributed by atoms with E-state index < -0.39 is 0 Å².